The molecule has 0 bridgehead atoms. The number of piperidine rings is 1. The maximum absolute atomic E-state index is 13.4. The Bertz CT molecular complexity index is 1650. The number of hydrogen-bond acceptors (Lipinski definition) is 7. The van der Waals surface area contributed by atoms with Gasteiger partial charge in [0.05, 0.1) is 12.0 Å². The van der Waals surface area contributed by atoms with Crippen LogP contribution >= 0.6 is 12.4 Å². The molecule has 4 aromatic rings. The summed E-state index contributed by atoms with van der Waals surface area (Å²) in [5.41, 5.74) is 2.36. The Kier molecular flexibility index (Phi) is 10.8. The number of nitrogens with zero attached hydrogens (tertiary/aromatic N) is 3. The molecule has 1 saturated heterocycles. The summed E-state index contributed by atoms with van der Waals surface area (Å²) in [7, 11) is -1.93. The van der Waals surface area contributed by atoms with E-state index in [1.807, 2.05) is 36.4 Å². The number of nitrogens with one attached hydrogen (secondary N) is 1. The van der Waals surface area contributed by atoms with Crippen LogP contribution in [0.1, 0.15) is 18.4 Å². The molecule has 9 nitrogen and oxygen atoms in total. The second-order valence-electron chi connectivity index (χ2n) is 10.3. The maximum atomic E-state index is 13.4. The van der Waals surface area contributed by atoms with Gasteiger partial charge in [-0.05, 0) is 66.9 Å². The first-order valence-corrected chi connectivity index (χ1v) is 15.7. The summed E-state index contributed by atoms with van der Waals surface area (Å²) >= 11 is 0. The molecule has 232 valence electrons. The van der Waals surface area contributed by atoms with Crippen LogP contribution in [-0.4, -0.2) is 56.8 Å². The summed E-state index contributed by atoms with van der Waals surface area (Å²) in [6, 6.07) is 23.2. The van der Waals surface area contributed by atoms with Crippen molar-refractivity contribution in [3.63, 3.8) is 0 Å². The van der Waals surface area contributed by atoms with Crippen LogP contribution in [0.25, 0.3) is 0 Å². The summed E-state index contributed by atoms with van der Waals surface area (Å²) in [4.78, 5) is 22.1. The number of rotatable bonds is 9. The fourth-order valence-corrected chi connectivity index (χ4v) is 5.67. The molecule has 0 aliphatic carbocycles. The molecule has 1 aliphatic heterocycles. The third kappa shape index (κ3) is 8.25. The predicted octanol–water partition coefficient (Wildman–Crippen LogP) is 6.55. The highest BCUT2D eigenvalue weighted by atomic mass is 35.5. The Hall–Kier alpha value is -4.19. The van der Waals surface area contributed by atoms with E-state index in [-0.39, 0.29) is 35.2 Å². The number of sulfone groups is 1. The minimum absolute atomic E-state index is 0. The number of hydrogen-bond donors (Lipinski definition) is 1. The van der Waals surface area contributed by atoms with Gasteiger partial charge in [-0.15, -0.1) is 12.4 Å². The molecule has 1 fully saturated rings. The number of amides is 2. The smallest absolute Gasteiger partial charge is 0.326 e. The van der Waals surface area contributed by atoms with Crippen molar-refractivity contribution in [3.05, 3.63) is 103 Å². The van der Waals surface area contributed by atoms with Crippen LogP contribution in [-0.2, 0) is 16.4 Å². The van der Waals surface area contributed by atoms with Gasteiger partial charge in [-0.1, -0.05) is 24.3 Å². The van der Waals surface area contributed by atoms with E-state index in [9.17, 15) is 17.6 Å². The van der Waals surface area contributed by atoms with Gasteiger partial charge in [-0.2, -0.15) is 0 Å². The SMILES string of the molecule is COc1cc(S(C)(=O)=O)ccc1Oc1ccc(CN2CCC(N(C(=O)Nc3ccc(F)cc3)c3ccccc3)CC2)cn1.Cl. The molecule has 5 rings (SSSR count). The summed E-state index contributed by atoms with van der Waals surface area (Å²) < 4.78 is 48.2. The first kappa shape index (κ1) is 32.7. The molecular weight excluding hydrogens is 607 g/mol. The van der Waals surface area contributed by atoms with Crippen molar-refractivity contribution < 1.29 is 27.1 Å². The number of anilines is 2. The van der Waals surface area contributed by atoms with Crippen LogP contribution in [0, 0.1) is 5.82 Å². The predicted molar refractivity (Wildman–Crippen MR) is 170 cm³/mol. The van der Waals surface area contributed by atoms with E-state index in [1.165, 1.54) is 31.4 Å². The number of ether oxygens (including phenoxy) is 2. The lowest BCUT2D eigenvalue weighted by Gasteiger charge is -2.38. The lowest BCUT2D eigenvalue weighted by atomic mass is 10.0. The number of urea groups is 1. The average Bonchev–Trinajstić information content (AvgIpc) is 3.00. The second kappa shape index (κ2) is 14.5. The van der Waals surface area contributed by atoms with E-state index in [4.69, 9.17) is 9.47 Å². The number of likely N-dealkylation sites (tertiary alicyclic amines) is 1. The number of aromatic nitrogens is 1. The minimum Gasteiger partial charge on any atom is -0.493 e. The molecule has 0 saturated carbocycles. The van der Waals surface area contributed by atoms with E-state index in [0.717, 1.165) is 43.4 Å². The van der Waals surface area contributed by atoms with Crippen molar-refractivity contribution in [1.29, 1.82) is 0 Å². The van der Waals surface area contributed by atoms with Crippen LogP contribution < -0.4 is 19.7 Å². The number of carbonyl (C=O) groups excluding carboxylic acids is 1. The molecule has 3 aromatic carbocycles. The number of pyridine rings is 1. The first-order chi connectivity index (χ1) is 20.7. The van der Waals surface area contributed by atoms with Gasteiger partial charge in [0, 0.05) is 61.6 Å². The van der Waals surface area contributed by atoms with Crippen molar-refractivity contribution >= 4 is 39.7 Å². The maximum Gasteiger partial charge on any atom is 0.326 e. The zero-order valence-electron chi connectivity index (χ0n) is 24.4. The van der Waals surface area contributed by atoms with Gasteiger partial charge < -0.3 is 14.8 Å². The molecular formula is C32H34ClFN4O5S. The third-order valence-electron chi connectivity index (χ3n) is 7.25. The monoisotopic (exact) mass is 640 g/mol. The summed E-state index contributed by atoms with van der Waals surface area (Å²) in [5, 5.41) is 2.91. The van der Waals surface area contributed by atoms with Crippen LogP contribution in [0.15, 0.2) is 96.0 Å². The van der Waals surface area contributed by atoms with Crippen molar-refractivity contribution in [3.8, 4) is 17.4 Å². The van der Waals surface area contributed by atoms with Crippen molar-refractivity contribution in [2.24, 2.45) is 0 Å². The highest BCUT2D eigenvalue weighted by Crippen LogP contribution is 2.33. The Balaban J connectivity index is 0.00000442. The molecule has 1 aliphatic rings. The third-order valence-corrected chi connectivity index (χ3v) is 8.36. The lowest BCUT2D eigenvalue weighted by Crippen LogP contribution is -2.49. The molecule has 0 unspecified atom stereocenters. The van der Waals surface area contributed by atoms with Crippen LogP contribution in [0.5, 0.6) is 17.4 Å². The second-order valence-corrected chi connectivity index (χ2v) is 12.4. The Morgan fingerprint density at radius 3 is 2.32 bits per heavy atom. The lowest BCUT2D eigenvalue weighted by molar-refractivity contribution is 0.199. The van der Waals surface area contributed by atoms with Crippen molar-refractivity contribution in [1.82, 2.24) is 9.88 Å². The molecule has 0 atom stereocenters. The highest BCUT2D eigenvalue weighted by molar-refractivity contribution is 7.90. The number of halogens is 2. The molecule has 12 heteroatoms. The standard InChI is InChI=1S/C32H33FN4O5S.ClH/c1-41-30-20-28(43(2,39)40)13-14-29(30)42-31-15-8-23(21-34-31)22-36-18-16-27(17-19-36)37(26-6-4-3-5-7-26)32(38)35-25-11-9-24(33)10-12-25;/h3-15,20-21,27H,16-19,22H2,1-2H3,(H,35,38);1H. The Morgan fingerprint density at radius 2 is 1.70 bits per heavy atom. The number of para-hydroxylation sites is 1. The zero-order valence-corrected chi connectivity index (χ0v) is 26.0. The van der Waals surface area contributed by atoms with E-state index in [0.29, 0.717) is 29.6 Å². The van der Waals surface area contributed by atoms with Crippen LogP contribution in [0.3, 0.4) is 0 Å². The van der Waals surface area contributed by atoms with Gasteiger partial charge in [0.2, 0.25) is 5.88 Å². The number of benzene rings is 3. The van der Waals surface area contributed by atoms with Gasteiger partial charge in [0.15, 0.2) is 21.3 Å². The number of methoxy groups -OCH3 is 1. The summed E-state index contributed by atoms with van der Waals surface area (Å²) in [6.45, 7) is 2.28. The van der Waals surface area contributed by atoms with E-state index < -0.39 is 9.84 Å². The molecule has 2 amide bonds. The molecule has 2 heterocycles. The summed E-state index contributed by atoms with van der Waals surface area (Å²) in [6.07, 6.45) is 4.45. The zero-order chi connectivity index (χ0) is 30.4. The minimum atomic E-state index is -3.38. The molecule has 1 N–H and O–H groups in total. The van der Waals surface area contributed by atoms with Gasteiger partial charge in [0.1, 0.15) is 5.82 Å². The fourth-order valence-electron chi connectivity index (χ4n) is 5.03. The van der Waals surface area contributed by atoms with Gasteiger partial charge in [-0.25, -0.2) is 22.6 Å². The van der Waals surface area contributed by atoms with E-state index in [1.54, 1.807) is 35.4 Å². The largest absolute Gasteiger partial charge is 0.493 e. The van der Waals surface area contributed by atoms with E-state index in [2.05, 4.69) is 15.2 Å². The molecule has 44 heavy (non-hydrogen) atoms. The highest BCUT2D eigenvalue weighted by Gasteiger charge is 2.29. The Labute approximate surface area is 263 Å². The first-order valence-electron chi connectivity index (χ1n) is 13.8. The topological polar surface area (TPSA) is 101 Å². The van der Waals surface area contributed by atoms with Crippen molar-refractivity contribution in [2.45, 2.75) is 30.3 Å². The summed E-state index contributed by atoms with van der Waals surface area (Å²) in [5.74, 6) is 0.666. The molecule has 1 aromatic heterocycles. The quantitative estimate of drug-likeness (QED) is 0.221. The number of carbonyl (C=O) groups is 1. The van der Waals surface area contributed by atoms with Crippen LogP contribution in [0.2, 0.25) is 0 Å². The fraction of sp³-hybridized carbons (Fsp3) is 0.250. The van der Waals surface area contributed by atoms with Crippen molar-refractivity contribution in [2.75, 3.05) is 36.7 Å². The van der Waals surface area contributed by atoms with Gasteiger partial charge >= 0.3 is 6.03 Å². The normalized spacial score (nSPS) is 13.9. The van der Waals surface area contributed by atoms with E-state index >= 15 is 0 Å². The van der Waals surface area contributed by atoms with Gasteiger partial charge in [0.25, 0.3) is 0 Å². The molecule has 0 radical (unpaired) electrons. The molecule has 0 spiro atoms. The average molecular weight is 641 g/mol. The van der Waals surface area contributed by atoms with Gasteiger partial charge in [-0.3, -0.25) is 9.80 Å². The van der Waals surface area contributed by atoms with Crippen LogP contribution in [0.4, 0.5) is 20.6 Å². The Morgan fingerprint density at radius 1 is 1.00 bits per heavy atom.